The van der Waals surface area contributed by atoms with E-state index in [2.05, 4.69) is 26.2 Å². The molecule has 0 bridgehead atoms. The molecule has 2 aromatic carbocycles. The Hall–Kier alpha value is -2.48. The third-order valence-corrected chi connectivity index (χ3v) is 3.46. The average Bonchev–Trinajstić information content (AvgIpc) is 2.55. The Morgan fingerprint density at radius 2 is 1.62 bits per heavy atom. The summed E-state index contributed by atoms with van der Waals surface area (Å²) in [6, 6.07) is 10.3. The highest BCUT2D eigenvalue weighted by Gasteiger charge is 2.29. The second kappa shape index (κ2) is 7.39. The third-order valence-electron chi connectivity index (χ3n) is 2.93. The molecule has 0 atom stereocenters. The van der Waals surface area contributed by atoms with Crippen molar-refractivity contribution in [2.45, 2.75) is 6.18 Å². The lowest BCUT2D eigenvalue weighted by Crippen LogP contribution is -2.03. The van der Waals surface area contributed by atoms with E-state index >= 15 is 0 Å². The molecule has 0 saturated carbocycles. The molecule has 2 aromatic rings. The summed E-state index contributed by atoms with van der Waals surface area (Å²) in [5.41, 5.74) is -0.752. The fourth-order valence-electron chi connectivity index (χ4n) is 1.71. The van der Waals surface area contributed by atoms with Gasteiger partial charge in [0.25, 0.3) is 0 Å². The normalized spacial score (nSPS) is 12.6. The van der Waals surface area contributed by atoms with E-state index in [0.29, 0.717) is 6.26 Å². The van der Waals surface area contributed by atoms with Crippen LogP contribution in [0.2, 0.25) is 0 Å². The fraction of sp³-hybridized carbons (Fsp3) is 0.0625. The first-order valence-corrected chi connectivity index (χ1v) is 7.34. The number of halogens is 4. The minimum absolute atomic E-state index is 0.117. The second-order valence-corrected chi connectivity index (χ2v) is 5.51. The lowest BCUT2D eigenvalue weighted by molar-refractivity contribution is -0.137. The molecule has 8 heteroatoms. The van der Waals surface area contributed by atoms with E-state index in [4.69, 9.17) is 5.11 Å². The van der Waals surface area contributed by atoms with Crippen molar-refractivity contribution in [2.24, 2.45) is 10.2 Å². The molecular weight excluding hydrogens is 389 g/mol. The number of alkyl halides is 3. The molecule has 1 N–H and O–H groups in total. The number of ketones is 1. The lowest BCUT2D eigenvalue weighted by Gasteiger charge is -2.05. The standard InChI is InChI=1S/C16H10BrF3N2O2/c17-12-5-1-10(2-6-12)15(24)14(9-23)22-21-13-7-3-11(4-8-13)16(18,19)20/h1-9,23H/b14-9-,22-21?. The number of carbonyl (C=O) groups excluding carboxylic acids is 1. The number of allylic oxidation sites excluding steroid dienone is 1. The summed E-state index contributed by atoms with van der Waals surface area (Å²) in [5, 5.41) is 16.4. The molecule has 0 radical (unpaired) electrons. The predicted molar refractivity (Wildman–Crippen MR) is 85.1 cm³/mol. The molecule has 0 amide bonds. The van der Waals surface area contributed by atoms with Crippen LogP contribution in [0.15, 0.2) is 75.2 Å². The summed E-state index contributed by atoms with van der Waals surface area (Å²) in [4.78, 5) is 12.1. The summed E-state index contributed by atoms with van der Waals surface area (Å²) in [7, 11) is 0. The van der Waals surface area contributed by atoms with Crippen LogP contribution in [0, 0.1) is 0 Å². The fourth-order valence-corrected chi connectivity index (χ4v) is 1.97. The molecule has 2 rings (SSSR count). The maximum Gasteiger partial charge on any atom is 0.416 e. The van der Waals surface area contributed by atoms with Crippen LogP contribution in [0.3, 0.4) is 0 Å². The summed E-state index contributed by atoms with van der Waals surface area (Å²) in [5.74, 6) is -0.569. The monoisotopic (exact) mass is 398 g/mol. The number of azo groups is 1. The van der Waals surface area contributed by atoms with E-state index in [0.717, 1.165) is 28.7 Å². The molecule has 0 fully saturated rings. The van der Waals surface area contributed by atoms with Crippen LogP contribution >= 0.6 is 15.9 Å². The van der Waals surface area contributed by atoms with Crippen molar-refractivity contribution in [3.63, 3.8) is 0 Å². The van der Waals surface area contributed by atoms with Crippen LogP contribution in [0.5, 0.6) is 0 Å². The molecule has 0 aliphatic heterocycles. The number of aliphatic hydroxyl groups excluding tert-OH is 1. The Balaban J connectivity index is 2.16. The molecule has 0 unspecified atom stereocenters. The molecule has 124 valence electrons. The second-order valence-electron chi connectivity index (χ2n) is 4.59. The summed E-state index contributed by atoms with van der Waals surface area (Å²) in [6.45, 7) is 0. The van der Waals surface area contributed by atoms with Gasteiger partial charge in [0.15, 0.2) is 5.70 Å². The summed E-state index contributed by atoms with van der Waals surface area (Å²) >= 11 is 3.23. The number of nitrogens with zero attached hydrogens (tertiary/aromatic N) is 2. The van der Waals surface area contributed by atoms with Crippen molar-refractivity contribution in [3.05, 3.63) is 76.1 Å². The van der Waals surface area contributed by atoms with Crippen LogP contribution in [0.1, 0.15) is 15.9 Å². The molecule has 4 nitrogen and oxygen atoms in total. The number of Topliss-reactive ketones (excluding diaryl/α,β-unsaturated/α-hetero) is 1. The van der Waals surface area contributed by atoms with Crippen LogP contribution in [0.25, 0.3) is 0 Å². The number of rotatable bonds is 4. The SMILES string of the molecule is O=C(/C(=C/O)N=Nc1ccc(C(F)(F)F)cc1)c1ccc(Br)cc1. The van der Waals surface area contributed by atoms with Crippen LogP contribution < -0.4 is 0 Å². The van der Waals surface area contributed by atoms with Crippen molar-refractivity contribution in [1.82, 2.24) is 0 Å². The van der Waals surface area contributed by atoms with E-state index in [9.17, 15) is 18.0 Å². The van der Waals surface area contributed by atoms with E-state index in [1.165, 1.54) is 12.1 Å². The van der Waals surface area contributed by atoms with Gasteiger partial charge in [0.1, 0.15) is 6.26 Å². The predicted octanol–water partition coefficient (Wildman–Crippen LogP) is 5.83. The Kier molecular flexibility index (Phi) is 5.50. The van der Waals surface area contributed by atoms with Gasteiger partial charge < -0.3 is 5.11 Å². The Morgan fingerprint density at radius 3 is 2.12 bits per heavy atom. The minimum atomic E-state index is -4.44. The van der Waals surface area contributed by atoms with E-state index in [-0.39, 0.29) is 16.9 Å². The first kappa shape index (κ1) is 17.9. The van der Waals surface area contributed by atoms with Gasteiger partial charge in [-0.15, -0.1) is 5.11 Å². The summed E-state index contributed by atoms with van der Waals surface area (Å²) < 4.78 is 38.2. The largest absolute Gasteiger partial charge is 0.513 e. The van der Waals surface area contributed by atoms with Crippen molar-refractivity contribution in [1.29, 1.82) is 0 Å². The number of hydrogen-bond acceptors (Lipinski definition) is 4. The molecule has 0 heterocycles. The van der Waals surface area contributed by atoms with Crippen LogP contribution in [-0.2, 0) is 6.18 Å². The van der Waals surface area contributed by atoms with E-state index in [1.807, 2.05) is 0 Å². The molecule has 0 aromatic heterocycles. The van der Waals surface area contributed by atoms with Gasteiger partial charge in [-0.05, 0) is 48.5 Å². The molecule has 24 heavy (non-hydrogen) atoms. The average molecular weight is 399 g/mol. The Bertz CT molecular complexity index is 782. The van der Waals surface area contributed by atoms with Gasteiger partial charge in [-0.3, -0.25) is 4.79 Å². The first-order valence-electron chi connectivity index (χ1n) is 6.55. The minimum Gasteiger partial charge on any atom is -0.513 e. The molecule has 0 aliphatic carbocycles. The van der Waals surface area contributed by atoms with Gasteiger partial charge in [0, 0.05) is 10.0 Å². The van der Waals surface area contributed by atoms with Crippen molar-refractivity contribution >= 4 is 27.4 Å². The zero-order chi connectivity index (χ0) is 17.7. The zero-order valence-corrected chi connectivity index (χ0v) is 13.5. The third kappa shape index (κ3) is 4.51. The summed E-state index contributed by atoms with van der Waals surface area (Å²) in [6.07, 6.45) is -3.94. The van der Waals surface area contributed by atoms with Gasteiger partial charge >= 0.3 is 6.18 Å². The Morgan fingerprint density at radius 1 is 1.04 bits per heavy atom. The van der Waals surface area contributed by atoms with Crippen molar-refractivity contribution in [3.8, 4) is 0 Å². The first-order chi connectivity index (χ1) is 11.3. The zero-order valence-electron chi connectivity index (χ0n) is 12.0. The lowest BCUT2D eigenvalue weighted by atomic mass is 10.1. The highest BCUT2D eigenvalue weighted by atomic mass is 79.9. The van der Waals surface area contributed by atoms with Crippen LogP contribution in [-0.4, -0.2) is 10.9 Å². The van der Waals surface area contributed by atoms with Gasteiger partial charge in [0.05, 0.1) is 11.3 Å². The molecule has 0 saturated heterocycles. The smallest absolute Gasteiger partial charge is 0.416 e. The highest BCUT2D eigenvalue weighted by Crippen LogP contribution is 2.30. The van der Waals surface area contributed by atoms with Gasteiger partial charge in [-0.1, -0.05) is 15.9 Å². The highest BCUT2D eigenvalue weighted by molar-refractivity contribution is 9.10. The van der Waals surface area contributed by atoms with E-state index < -0.39 is 17.5 Å². The quantitative estimate of drug-likeness (QED) is 0.304. The number of carbonyl (C=O) groups is 1. The van der Waals surface area contributed by atoms with Gasteiger partial charge in [0.2, 0.25) is 5.78 Å². The van der Waals surface area contributed by atoms with E-state index in [1.54, 1.807) is 12.1 Å². The van der Waals surface area contributed by atoms with Gasteiger partial charge in [-0.2, -0.15) is 18.3 Å². The Labute approximate surface area is 143 Å². The molecular formula is C16H10BrF3N2O2. The maximum absolute atomic E-state index is 12.5. The number of benzene rings is 2. The topological polar surface area (TPSA) is 62.0 Å². The number of aliphatic hydroxyl groups is 1. The van der Waals surface area contributed by atoms with Gasteiger partial charge in [-0.25, -0.2) is 0 Å². The van der Waals surface area contributed by atoms with Crippen molar-refractivity contribution < 1.29 is 23.1 Å². The van der Waals surface area contributed by atoms with Crippen LogP contribution in [0.4, 0.5) is 18.9 Å². The molecule has 0 spiro atoms. The maximum atomic E-state index is 12.5. The number of hydrogen-bond donors (Lipinski definition) is 1. The van der Waals surface area contributed by atoms with Crippen molar-refractivity contribution in [2.75, 3.05) is 0 Å². The molecule has 0 aliphatic rings.